The normalized spacial score (nSPS) is 21.9. The van der Waals surface area contributed by atoms with E-state index in [4.69, 9.17) is 10.1 Å². The molecule has 5 nitrogen and oxygen atoms in total. The molecule has 1 saturated carbocycles. The van der Waals surface area contributed by atoms with E-state index in [1.807, 2.05) is 0 Å². The molecule has 0 amide bonds. The number of fused-ring (bicyclic) bond motifs is 1. The summed E-state index contributed by atoms with van der Waals surface area (Å²) in [5.41, 5.74) is 2.69. The number of nitrogens with zero attached hydrogens (tertiary/aromatic N) is 3. The Morgan fingerprint density at radius 3 is 2.87 bits per heavy atom. The molecule has 1 aromatic heterocycles. The van der Waals surface area contributed by atoms with Crippen molar-refractivity contribution >= 4 is 5.96 Å². The van der Waals surface area contributed by atoms with Gasteiger partial charge in [0.2, 0.25) is 0 Å². The molecule has 2 aliphatic carbocycles. The molecule has 1 atom stereocenters. The minimum absolute atomic E-state index is 0.438. The van der Waals surface area contributed by atoms with Gasteiger partial charge in [-0.1, -0.05) is 6.42 Å². The Kier molecular flexibility index (Phi) is 5.23. The van der Waals surface area contributed by atoms with Crippen LogP contribution in [0.2, 0.25) is 0 Å². The fourth-order valence-electron chi connectivity index (χ4n) is 3.31. The summed E-state index contributed by atoms with van der Waals surface area (Å²) in [5.74, 6) is 1.79. The second-order valence-corrected chi connectivity index (χ2v) is 7.28. The van der Waals surface area contributed by atoms with Crippen molar-refractivity contribution in [2.24, 2.45) is 10.9 Å². The highest BCUT2D eigenvalue weighted by Gasteiger charge is 2.23. The van der Waals surface area contributed by atoms with E-state index in [-0.39, 0.29) is 0 Å². The highest BCUT2D eigenvalue weighted by atomic mass is 15.3. The molecule has 1 unspecified atom stereocenters. The van der Waals surface area contributed by atoms with Gasteiger partial charge in [0.25, 0.3) is 0 Å². The number of aryl methyl sites for hydroxylation is 1. The summed E-state index contributed by atoms with van der Waals surface area (Å²) in [6, 6.07) is 0.880. The minimum Gasteiger partial charge on any atom is -0.357 e. The smallest absolute Gasteiger partial charge is 0.191 e. The number of hydrogen-bond acceptors (Lipinski definition) is 2. The zero-order chi connectivity index (χ0) is 16.2. The van der Waals surface area contributed by atoms with Crippen LogP contribution in [0.4, 0.5) is 0 Å². The lowest BCUT2D eigenvalue weighted by atomic mass is 9.86. The van der Waals surface area contributed by atoms with Gasteiger partial charge in [-0.3, -0.25) is 9.67 Å². The number of rotatable bonds is 5. The second kappa shape index (κ2) is 7.37. The molecule has 1 fully saturated rings. The van der Waals surface area contributed by atoms with E-state index in [2.05, 4.69) is 42.3 Å². The molecule has 128 valence electrons. The molecule has 23 heavy (non-hydrogen) atoms. The van der Waals surface area contributed by atoms with Crippen LogP contribution in [0, 0.1) is 5.92 Å². The lowest BCUT2D eigenvalue weighted by Crippen LogP contribution is -2.46. The monoisotopic (exact) mass is 317 g/mol. The van der Waals surface area contributed by atoms with Crippen LogP contribution in [0.15, 0.2) is 11.2 Å². The first kappa shape index (κ1) is 16.3. The SMILES string of the molecule is CCNC(=NCC1CCC1)NC1CCc2cn(C(C)C)nc2C1. The molecule has 3 rings (SSSR count). The third-order valence-corrected chi connectivity index (χ3v) is 5.04. The number of aliphatic imine (C=N–C) groups is 1. The zero-order valence-corrected chi connectivity index (χ0v) is 14.8. The highest BCUT2D eigenvalue weighted by Crippen LogP contribution is 2.26. The minimum atomic E-state index is 0.438. The molecule has 0 aromatic carbocycles. The number of hydrogen-bond donors (Lipinski definition) is 2. The van der Waals surface area contributed by atoms with Crippen molar-refractivity contribution in [2.45, 2.75) is 71.4 Å². The van der Waals surface area contributed by atoms with E-state index in [0.29, 0.717) is 12.1 Å². The van der Waals surface area contributed by atoms with E-state index in [1.54, 1.807) is 0 Å². The molecule has 0 aliphatic heterocycles. The number of guanidine groups is 1. The maximum Gasteiger partial charge on any atom is 0.191 e. The average molecular weight is 317 g/mol. The molecule has 2 N–H and O–H groups in total. The zero-order valence-electron chi connectivity index (χ0n) is 14.8. The van der Waals surface area contributed by atoms with Crippen LogP contribution in [-0.4, -0.2) is 34.9 Å². The van der Waals surface area contributed by atoms with Crippen LogP contribution in [-0.2, 0) is 12.8 Å². The number of nitrogens with one attached hydrogen (secondary N) is 2. The van der Waals surface area contributed by atoms with Crippen molar-refractivity contribution in [1.29, 1.82) is 0 Å². The van der Waals surface area contributed by atoms with Gasteiger partial charge in [0, 0.05) is 37.8 Å². The van der Waals surface area contributed by atoms with Gasteiger partial charge in [0.05, 0.1) is 5.69 Å². The summed E-state index contributed by atoms with van der Waals surface area (Å²) in [5, 5.41) is 11.8. The topological polar surface area (TPSA) is 54.2 Å². The van der Waals surface area contributed by atoms with Crippen LogP contribution in [0.25, 0.3) is 0 Å². The van der Waals surface area contributed by atoms with Crippen molar-refractivity contribution in [1.82, 2.24) is 20.4 Å². The molecule has 1 aromatic rings. The van der Waals surface area contributed by atoms with Crippen LogP contribution in [0.3, 0.4) is 0 Å². The maximum atomic E-state index is 4.79. The molecular weight excluding hydrogens is 286 g/mol. The Hall–Kier alpha value is -1.52. The van der Waals surface area contributed by atoms with Gasteiger partial charge in [0.1, 0.15) is 0 Å². The Morgan fingerprint density at radius 1 is 1.39 bits per heavy atom. The molecular formula is C18H31N5. The summed E-state index contributed by atoms with van der Waals surface area (Å²) < 4.78 is 2.10. The third kappa shape index (κ3) is 4.06. The quantitative estimate of drug-likeness (QED) is 0.648. The van der Waals surface area contributed by atoms with Gasteiger partial charge < -0.3 is 10.6 Å². The molecule has 5 heteroatoms. The van der Waals surface area contributed by atoms with Gasteiger partial charge in [-0.2, -0.15) is 5.10 Å². The van der Waals surface area contributed by atoms with E-state index < -0.39 is 0 Å². The predicted octanol–water partition coefficient (Wildman–Crippen LogP) is 2.68. The first-order valence-electron chi connectivity index (χ1n) is 9.27. The Morgan fingerprint density at radius 2 is 2.22 bits per heavy atom. The second-order valence-electron chi connectivity index (χ2n) is 7.28. The Labute approximate surface area is 139 Å². The van der Waals surface area contributed by atoms with Crippen LogP contribution < -0.4 is 10.6 Å². The molecule has 2 aliphatic rings. The molecule has 0 saturated heterocycles. The van der Waals surface area contributed by atoms with Crippen molar-refractivity contribution in [2.75, 3.05) is 13.1 Å². The van der Waals surface area contributed by atoms with Crippen LogP contribution in [0.1, 0.15) is 63.8 Å². The first-order valence-corrected chi connectivity index (χ1v) is 9.27. The summed E-state index contributed by atoms with van der Waals surface area (Å²) in [7, 11) is 0. The van der Waals surface area contributed by atoms with Crippen molar-refractivity contribution in [3.8, 4) is 0 Å². The molecule has 1 heterocycles. The summed E-state index contributed by atoms with van der Waals surface area (Å²) >= 11 is 0. The average Bonchev–Trinajstić information content (AvgIpc) is 2.89. The van der Waals surface area contributed by atoms with Crippen molar-refractivity contribution in [3.05, 3.63) is 17.5 Å². The molecule has 0 radical (unpaired) electrons. The van der Waals surface area contributed by atoms with Gasteiger partial charge in [0.15, 0.2) is 5.96 Å². The van der Waals surface area contributed by atoms with E-state index in [1.165, 1.54) is 30.5 Å². The van der Waals surface area contributed by atoms with Crippen LogP contribution in [0.5, 0.6) is 0 Å². The predicted molar refractivity (Wildman–Crippen MR) is 94.9 cm³/mol. The van der Waals surface area contributed by atoms with E-state index >= 15 is 0 Å². The Balaban J connectivity index is 1.59. The van der Waals surface area contributed by atoms with Crippen LogP contribution >= 0.6 is 0 Å². The number of aromatic nitrogens is 2. The summed E-state index contributed by atoms with van der Waals surface area (Å²) in [6.45, 7) is 8.38. The molecule has 0 spiro atoms. The lowest BCUT2D eigenvalue weighted by molar-refractivity contribution is 0.325. The van der Waals surface area contributed by atoms with E-state index in [0.717, 1.165) is 44.2 Å². The standard InChI is InChI=1S/C18H31N5/c1-4-19-18(20-11-14-6-5-7-14)21-16-9-8-15-12-23(13(2)3)22-17(15)10-16/h12-14,16H,4-11H2,1-3H3,(H2,19,20,21). The van der Waals surface area contributed by atoms with Crippen molar-refractivity contribution in [3.63, 3.8) is 0 Å². The molecule has 0 bridgehead atoms. The van der Waals surface area contributed by atoms with Gasteiger partial charge in [-0.05, 0) is 57.9 Å². The highest BCUT2D eigenvalue weighted by molar-refractivity contribution is 5.80. The van der Waals surface area contributed by atoms with Gasteiger partial charge in [-0.15, -0.1) is 0 Å². The van der Waals surface area contributed by atoms with Gasteiger partial charge >= 0.3 is 0 Å². The lowest BCUT2D eigenvalue weighted by Gasteiger charge is -2.26. The maximum absolute atomic E-state index is 4.79. The largest absolute Gasteiger partial charge is 0.357 e. The summed E-state index contributed by atoms with van der Waals surface area (Å²) in [4.78, 5) is 4.79. The summed E-state index contributed by atoms with van der Waals surface area (Å²) in [6.07, 6.45) is 9.58. The van der Waals surface area contributed by atoms with Gasteiger partial charge in [-0.25, -0.2) is 0 Å². The Bertz CT molecular complexity index is 542. The third-order valence-electron chi connectivity index (χ3n) is 5.04. The van der Waals surface area contributed by atoms with Crippen molar-refractivity contribution < 1.29 is 0 Å². The van der Waals surface area contributed by atoms with E-state index in [9.17, 15) is 0 Å². The fraction of sp³-hybridized carbons (Fsp3) is 0.778. The first-order chi connectivity index (χ1) is 11.2. The fourth-order valence-corrected chi connectivity index (χ4v) is 3.31.